The third kappa shape index (κ3) is 1.61. The summed E-state index contributed by atoms with van der Waals surface area (Å²) in [6, 6.07) is -1.06. The minimum atomic E-state index is -1.06. The van der Waals surface area contributed by atoms with Gasteiger partial charge >= 0.3 is 18.2 Å². The number of hydrogen-bond donors (Lipinski definition) is 0. The van der Waals surface area contributed by atoms with Crippen LogP contribution in [0.3, 0.4) is 0 Å². The monoisotopic (exact) mass is 203 g/mol. The summed E-state index contributed by atoms with van der Waals surface area (Å²) < 4.78 is 13.2. The van der Waals surface area contributed by atoms with Gasteiger partial charge < -0.3 is 14.2 Å². The zero-order valence-corrected chi connectivity index (χ0v) is 7.68. The van der Waals surface area contributed by atoms with E-state index in [2.05, 4.69) is 14.2 Å². The number of rotatable bonds is 1. The highest BCUT2D eigenvalue weighted by Crippen LogP contribution is 2.14. The smallest absolute Gasteiger partial charge is 0.420 e. The number of imide groups is 1. The van der Waals surface area contributed by atoms with E-state index in [4.69, 9.17) is 0 Å². The number of methoxy groups -OCH3 is 2. The van der Waals surface area contributed by atoms with Crippen molar-refractivity contribution in [3.8, 4) is 0 Å². The van der Waals surface area contributed by atoms with Crippen molar-refractivity contribution in [3.63, 3.8) is 0 Å². The highest BCUT2D eigenvalue weighted by Gasteiger charge is 2.43. The second kappa shape index (κ2) is 3.95. The fraction of sp³-hybridized carbons (Fsp3) is 0.571. The van der Waals surface area contributed by atoms with E-state index in [0.29, 0.717) is 4.90 Å². The van der Waals surface area contributed by atoms with Crippen LogP contribution >= 0.6 is 0 Å². The van der Waals surface area contributed by atoms with Gasteiger partial charge in [-0.1, -0.05) is 0 Å². The Labute approximate surface area is 79.5 Å². The molecule has 1 unspecified atom stereocenters. The van der Waals surface area contributed by atoms with Crippen molar-refractivity contribution in [1.82, 2.24) is 4.90 Å². The van der Waals surface area contributed by atoms with Gasteiger partial charge in [-0.15, -0.1) is 0 Å². The van der Waals surface area contributed by atoms with Crippen LogP contribution in [0.2, 0.25) is 0 Å². The first-order valence-corrected chi connectivity index (χ1v) is 3.73. The van der Waals surface area contributed by atoms with Crippen LogP contribution in [0.4, 0.5) is 9.59 Å². The van der Waals surface area contributed by atoms with E-state index in [1.807, 2.05) is 0 Å². The quantitative estimate of drug-likeness (QED) is 0.431. The van der Waals surface area contributed by atoms with Crippen molar-refractivity contribution in [2.45, 2.75) is 6.04 Å². The average molecular weight is 203 g/mol. The van der Waals surface area contributed by atoms with E-state index in [1.54, 1.807) is 0 Å². The zero-order chi connectivity index (χ0) is 10.7. The lowest BCUT2D eigenvalue weighted by Gasteiger charge is -2.15. The third-order valence-corrected chi connectivity index (χ3v) is 1.72. The second-order valence-electron chi connectivity index (χ2n) is 2.46. The number of carbonyl (C=O) groups excluding carboxylic acids is 3. The number of nitrogens with zero attached hydrogens (tertiary/aromatic N) is 1. The standard InChI is InChI=1S/C7H9NO6/c1-12-5(9)4-3-14-7(11)8(4)6(10)13-2/h4H,3H2,1-2H3. The van der Waals surface area contributed by atoms with Crippen LogP contribution in [-0.2, 0) is 19.0 Å². The summed E-state index contributed by atoms with van der Waals surface area (Å²) in [7, 11) is 2.25. The molecular weight excluding hydrogens is 194 g/mol. The predicted molar refractivity (Wildman–Crippen MR) is 41.4 cm³/mol. The lowest BCUT2D eigenvalue weighted by atomic mass is 10.3. The summed E-state index contributed by atoms with van der Waals surface area (Å²) in [5, 5.41) is 0. The highest BCUT2D eigenvalue weighted by atomic mass is 16.6. The molecule has 1 aliphatic heterocycles. The maximum absolute atomic E-state index is 11.1. The van der Waals surface area contributed by atoms with Crippen LogP contribution in [0.15, 0.2) is 0 Å². The molecule has 2 amide bonds. The van der Waals surface area contributed by atoms with E-state index in [9.17, 15) is 14.4 Å². The van der Waals surface area contributed by atoms with Crippen molar-refractivity contribution >= 4 is 18.2 Å². The van der Waals surface area contributed by atoms with E-state index >= 15 is 0 Å². The van der Waals surface area contributed by atoms with Crippen LogP contribution in [0.25, 0.3) is 0 Å². The second-order valence-corrected chi connectivity index (χ2v) is 2.46. The molecule has 78 valence electrons. The molecule has 14 heavy (non-hydrogen) atoms. The Balaban J connectivity index is 2.81. The molecule has 1 saturated heterocycles. The van der Waals surface area contributed by atoms with Gasteiger partial charge in [0.2, 0.25) is 0 Å². The van der Waals surface area contributed by atoms with Crippen LogP contribution in [0.5, 0.6) is 0 Å². The summed E-state index contributed by atoms with van der Waals surface area (Å²) in [4.78, 5) is 33.7. The van der Waals surface area contributed by atoms with Gasteiger partial charge in [-0.3, -0.25) is 0 Å². The van der Waals surface area contributed by atoms with Crippen molar-refractivity contribution in [2.75, 3.05) is 20.8 Å². The van der Waals surface area contributed by atoms with Crippen LogP contribution < -0.4 is 0 Å². The number of esters is 1. The van der Waals surface area contributed by atoms with Gasteiger partial charge in [-0.2, -0.15) is 4.90 Å². The molecule has 0 aromatic carbocycles. The predicted octanol–water partition coefficient (Wildman–Crippen LogP) is -0.253. The zero-order valence-electron chi connectivity index (χ0n) is 7.68. The molecule has 0 aromatic heterocycles. The molecule has 0 radical (unpaired) electrons. The minimum absolute atomic E-state index is 0.208. The lowest BCUT2D eigenvalue weighted by Crippen LogP contribution is -2.44. The molecule has 0 N–H and O–H groups in total. The molecular formula is C7H9NO6. The Kier molecular flexibility index (Phi) is 2.90. The fourth-order valence-electron chi connectivity index (χ4n) is 1.03. The van der Waals surface area contributed by atoms with Gasteiger partial charge in [0.15, 0.2) is 6.04 Å². The first-order valence-electron chi connectivity index (χ1n) is 3.73. The maximum atomic E-state index is 11.1. The Morgan fingerprint density at radius 1 is 1.43 bits per heavy atom. The van der Waals surface area contributed by atoms with Gasteiger partial charge in [0.05, 0.1) is 14.2 Å². The number of amides is 2. The Morgan fingerprint density at radius 3 is 2.57 bits per heavy atom. The molecule has 0 saturated carbocycles. The van der Waals surface area contributed by atoms with Crippen molar-refractivity contribution in [3.05, 3.63) is 0 Å². The molecule has 7 nitrogen and oxygen atoms in total. The van der Waals surface area contributed by atoms with Gasteiger partial charge in [-0.05, 0) is 0 Å². The summed E-state index contributed by atoms with van der Waals surface area (Å²) >= 11 is 0. The molecule has 1 aliphatic rings. The summed E-state index contributed by atoms with van der Waals surface area (Å²) in [6.07, 6.45) is -1.85. The van der Waals surface area contributed by atoms with Crippen LogP contribution in [-0.4, -0.2) is 49.9 Å². The first kappa shape index (κ1) is 10.3. The SMILES string of the molecule is COC(=O)C1COC(=O)N1C(=O)OC. The summed E-state index contributed by atoms with van der Waals surface area (Å²) in [5.74, 6) is -0.721. The maximum Gasteiger partial charge on any atom is 0.420 e. The Morgan fingerprint density at radius 2 is 2.07 bits per heavy atom. The van der Waals surface area contributed by atoms with Crippen molar-refractivity contribution < 1.29 is 28.6 Å². The van der Waals surface area contributed by atoms with Crippen LogP contribution in [0, 0.1) is 0 Å². The van der Waals surface area contributed by atoms with Gasteiger partial charge in [0.25, 0.3) is 0 Å². The van der Waals surface area contributed by atoms with Gasteiger partial charge in [0, 0.05) is 0 Å². The van der Waals surface area contributed by atoms with E-state index < -0.39 is 24.2 Å². The molecule has 0 aliphatic carbocycles. The summed E-state index contributed by atoms with van der Waals surface area (Å²) in [5.41, 5.74) is 0. The lowest BCUT2D eigenvalue weighted by molar-refractivity contribution is -0.144. The molecule has 1 fully saturated rings. The number of ether oxygens (including phenoxy) is 3. The van der Waals surface area contributed by atoms with E-state index in [0.717, 1.165) is 14.2 Å². The molecule has 7 heteroatoms. The largest absolute Gasteiger partial charge is 0.467 e. The van der Waals surface area contributed by atoms with E-state index in [1.165, 1.54) is 0 Å². The highest BCUT2D eigenvalue weighted by molar-refractivity contribution is 5.95. The Bertz CT molecular complexity index is 275. The average Bonchev–Trinajstić information content (AvgIpc) is 2.58. The van der Waals surface area contributed by atoms with Gasteiger partial charge in [-0.25, -0.2) is 14.4 Å². The topological polar surface area (TPSA) is 82.1 Å². The number of carbonyl (C=O) groups is 3. The van der Waals surface area contributed by atoms with Gasteiger partial charge in [0.1, 0.15) is 6.61 Å². The molecule has 1 heterocycles. The normalized spacial score (nSPS) is 20.3. The minimum Gasteiger partial charge on any atom is -0.467 e. The Hall–Kier alpha value is -1.79. The molecule has 1 atom stereocenters. The number of cyclic esters (lactones) is 1. The molecule has 0 spiro atoms. The van der Waals surface area contributed by atoms with Crippen molar-refractivity contribution in [1.29, 1.82) is 0 Å². The molecule has 0 bridgehead atoms. The molecule has 1 rings (SSSR count). The number of hydrogen-bond acceptors (Lipinski definition) is 6. The molecule has 0 aromatic rings. The van der Waals surface area contributed by atoms with E-state index in [-0.39, 0.29) is 6.61 Å². The third-order valence-electron chi connectivity index (χ3n) is 1.72. The fourth-order valence-corrected chi connectivity index (χ4v) is 1.03. The summed E-state index contributed by atoms with van der Waals surface area (Å²) in [6.45, 7) is -0.208. The van der Waals surface area contributed by atoms with Crippen LogP contribution in [0.1, 0.15) is 0 Å². The first-order chi connectivity index (χ1) is 6.61. The van der Waals surface area contributed by atoms with Crippen molar-refractivity contribution in [2.24, 2.45) is 0 Å².